The summed E-state index contributed by atoms with van der Waals surface area (Å²) < 4.78 is 5.44. The van der Waals surface area contributed by atoms with E-state index in [-0.39, 0.29) is 23.5 Å². The van der Waals surface area contributed by atoms with Crippen molar-refractivity contribution < 1.29 is 14.3 Å². The van der Waals surface area contributed by atoms with E-state index in [9.17, 15) is 9.59 Å². The molecule has 35 heavy (non-hydrogen) atoms. The van der Waals surface area contributed by atoms with Crippen molar-refractivity contribution in [2.75, 3.05) is 30.4 Å². The Morgan fingerprint density at radius 2 is 2.00 bits per heavy atom. The molecule has 1 aromatic heterocycles. The lowest BCUT2D eigenvalue weighted by Crippen LogP contribution is -2.29. The van der Waals surface area contributed by atoms with Crippen LogP contribution in [0.2, 0.25) is 0 Å². The number of amides is 2. The van der Waals surface area contributed by atoms with Gasteiger partial charge in [0.05, 0.1) is 5.69 Å². The summed E-state index contributed by atoms with van der Waals surface area (Å²) in [6, 6.07) is 7.65. The number of nitrogens with one attached hydrogen (secondary N) is 3. The zero-order valence-corrected chi connectivity index (χ0v) is 20.0. The van der Waals surface area contributed by atoms with Gasteiger partial charge < -0.3 is 26.4 Å². The molecule has 1 aliphatic rings. The number of benzene rings is 1. The molecule has 0 atom stereocenters. The van der Waals surface area contributed by atoms with Crippen molar-refractivity contribution in [2.24, 2.45) is 5.73 Å². The highest BCUT2D eigenvalue weighted by molar-refractivity contribution is 5.96. The van der Waals surface area contributed by atoms with Crippen molar-refractivity contribution in [1.29, 1.82) is 0 Å². The van der Waals surface area contributed by atoms with Crippen LogP contribution < -0.4 is 21.7 Å². The molecule has 0 radical (unpaired) electrons. The average molecular weight is 475 g/mol. The van der Waals surface area contributed by atoms with Crippen molar-refractivity contribution in [2.45, 2.75) is 45.6 Å². The predicted molar refractivity (Wildman–Crippen MR) is 135 cm³/mol. The number of aromatic nitrogens is 2. The van der Waals surface area contributed by atoms with E-state index in [0.717, 1.165) is 18.4 Å². The van der Waals surface area contributed by atoms with Crippen molar-refractivity contribution in [3.63, 3.8) is 0 Å². The van der Waals surface area contributed by atoms with Crippen LogP contribution in [0, 0.1) is 23.7 Å². The van der Waals surface area contributed by atoms with Gasteiger partial charge in [-0.05, 0) is 50.3 Å². The minimum Gasteiger partial charge on any atom is -0.381 e. The van der Waals surface area contributed by atoms with Gasteiger partial charge >= 0.3 is 0 Å². The van der Waals surface area contributed by atoms with Crippen molar-refractivity contribution in [3.05, 3.63) is 41.2 Å². The number of carbonyl (C=O) groups excluding carboxylic acids is 2. The highest BCUT2D eigenvalue weighted by Gasteiger charge is 2.20. The number of primary amides is 1. The van der Waals surface area contributed by atoms with E-state index < -0.39 is 5.91 Å². The van der Waals surface area contributed by atoms with Crippen LogP contribution in [0.4, 0.5) is 17.3 Å². The van der Waals surface area contributed by atoms with Gasteiger partial charge in [-0.2, -0.15) is 0 Å². The van der Waals surface area contributed by atoms with E-state index in [2.05, 4.69) is 49.6 Å². The Hall–Kier alpha value is -4.08. The molecule has 1 saturated heterocycles. The lowest BCUT2D eigenvalue weighted by atomic mass is 10.1. The number of rotatable bonds is 8. The van der Waals surface area contributed by atoms with Gasteiger partial charge in [0.25, 0.3) is 11.8 Å². The number of hydrogen-bond donors (Lipinski definition) is 4. The Morgan fingerprint density at radius 1 is 1.20 bits per heavy atom. The van der Waals surface area contributed by atoms with Gasteiger partial charge in [-0.25, -0.2) is 9.97 Å². The lowest BCUT2D eigenvalue weighted by molar-refractivity contribution is -0.115. The summed E-state index contributed by atoms with van der Waals surface area (Å²) in [4.78, 5) is 32.7. The van der Waals surface area contributed by atoms with E-state index in [1.54, 1.807) is 6.92 Å². The molecular weight excluding hydrogens is 444 g/mol. The number of ether oxygens (including phenoxy) is 1. The van der Waals surface area contributed by atoms with Crippen LogP contribution >= 0.6 is 0 Å². The third-order valence-corrected chi connectivity index (χ3v) is 5.23. The van der Waals surface area contributed by atoms with Gasteiger partial charge in [-0.15, -0.1) is 0 Å². The molecule has 2 aromatic rings. The first kappa shape index (κ1) is 25.5. The summed E-state index contributed by atoms with van der Waals surface area (Å²) in [5.41, 5.74) is 7.85. The topological polar surface area (TPSA) is 131 Å². The molecule has 0 unspecified atom stereocenters. The summed E-state index contributed by atoms with van der Waals surface area (Å²) >= 11 is 0. The van der Waals surface area contributed by atoms with Crippen molar-refractivity contribution in [1.82, 2.24) is 15.3 Å². The zero-order chi connectivity index (χ0) is 25.0. The summed E-state index contributed by atoms with van der Waals surface area (Å²) in [6.45, 7) is 5.39. The first-order chi connectivity index (χ1) is 17.0. The molecule has 1 aromatic carbocycles. The van der Waals surface area contributed by atoms with Gasteiger partial charge in [0.2, 0.25) is 0 Å². The molecule has 182 valence electrons. The molecule has 9 heteroatoms. The number of nitrogens with zero attached hydrogens (tertiary/aromatic N) is 2. The average Bonchev–Trinajstić information content (AvgIpc) is 2.85. The maximum Gasteiger partial charge on any atom is 0.295 e. The number of hydrogen-bond acceptors (Lipinski definition) is 7. The Morgan fingerprint density at radius 3 is 2.71 bits per heavy atom. The standard InChI is InChI=1S/C26H30N6O3/c1-3-8-22(33)28-14-6-5-9-18-10-7-11-20(17-18)30-26-23(24(27)34)31-21(4-2)25(32-26)29-19-12-15-35-16-13-19/h7,10-11,17,19H,4,6,12-16H2,1-2H3,(H2,27,34)(H,28,33)(H2,29,30,32). The molecular formula is C26H30N6O3. The summed E-state index contributed by atoms with van der Waals surface area (Å²) in [6.07, 6.45) is 2.85. The van der Waals surface area contributed by atoms with Crippen LogP contribution in [-0.4, -0.2) is 47.6 Å². The maximum absolute atomic E-state index is 12.1. The van der Waals surface area contributed by atoms with E-state index in [1.807, 2.05) is 31.2 Å². The highest BCUT2D eigenvalue weighted by atomic mass is 16.5. The SMILES string of the molecule is CC#CC(=O)NCCC#Cc1cccc(Nc2nc(NC3CCOCC3)c(CC)nc2C(N)=O)c1. The first-order valence-electron chi connectivity index (χ1n) is 11.6. The van der Waals surface area contributed by atoms with E-state index in [4.69, 9.17) is 10.5 Å². The second kappa shape index (κ2) is 13.0. The highest BCUT2D eigenvalue weighted by Crippen LogP contribution is 2.24. The molecule has 2 heterocycles. The second-order valence-corrected chi connectivity index (χ2v) is 7.85. The minimum atomic E-state index is -0.655. The largest absolute Gasteiger partial charge is 0.381 e. The van der Waals surface area contributed by atoms with Gasteiger partial charge in [-0.3, -0.25) is 9.59 Å². The van der Waals surface area contributed by atoms with Crippen molar-refractivity contribution >= 4 is 29.1 Å². The summed E-state index contributed by atoms with van der Waals surface area (Å²) in [5, 5.41) is 9.30. The Balaban J connectivity index is 1.76. The van der Waals surface area contributed by atoms with Gasteiger partial charge in [0, 0.05) is 43.5 Å². The van der Waals surface area contributed by atoms with Crippen molar-refractivity contribution in [3.8, 4) is 23.7 Å². The normalized spacial score (nSPS) is 13.0. The van der Waals surface area contributed by atoms with Gasteiger partial charge in [0.15, 0.2) is 17.3 Å². The molecule has 5 N–H and O–H groups in total. The number of anilines is 3. The Kier molecular flexibility index (Phi) is 9.47. The fourth-order valence-corrected chi connectivity index (χ4v) is 3.50. The molecule has 3 rings (SSSR count). The van der Waals surface area contributed by atoms with Gasteiger partial charge in [-0.1, -0.05) is 30.8 Å². The van der Waals surface area contributed by atoms with Crippen LogP contribution in [-0.2, 0) is 16.0 Å². The quantitative estimate of drug-likeness (QED) is 0.341. The maximum atomic E-state index is 12.1. The first-order valence-corrected chi connectivity index (χ1v) is 11.6. The Bertz CT molecular complexity index is 1180. The van der Waals surface area contributed by atoms with E-state index >= 15 is 0 Å². The third-order valence-electron chi connectivity index (χ3n) is 5.23. The summed E-state index contributed by atoms with van der Waals surface area (Å²) in [7, 11) is 0. The monoisotopic (exact) mass is 474 g/mol. The zero-order valence-electron chi connectivity index (χ0n) is 20.0. The summed E-state index contributed by atoms with van der Waals surface area (Å²) in [5.74, 6) is 11.0. The molecule has 9 nitrogen and oxygen atoms in total. The minimum absolute atomic E-state index is 0.0850. The van der Waals surface area contributed by atoms with Crippen LogP contribution in [0.1, 0.15) is 54.9 Å². The molecule has 2 amide bonds. The van der Waals surface area contributed by atoms with E-state index in [0.29, 0.717) is 49.8 Å². The fourth-order valence-electron chi connectivity index (χ4n) is 3.50. The molecule has 0 spiro atoms. The predicted octanol–water partition coefficient (Wildman–Crippen LogP) is 2.35. The number of aryl methyl sites for hydroxylation is 1. The second-order valence-electron chi connectivity index (χ2n) is 7.85. The lowest BCUT2D eigenvalue weighted by Gasteiger charge is -2.25. The van der Waals surface area contributed by atoms with Gasteiger partial charge in [0.1, 0.15) is 0 Å². The number of nitrogens with two attached hydrogens (primary N) is 1. The molecule has 1 aliphatic heterocycles. The smallest absolute Gasteiger partial charge is 0.295 e. The molecule has 0 aliphatic carbocycles. The molecule has 0 saturated carbocycles. The van der Waals surface area contributed by atoms with E-state index in [1.165, 1.54) is 0 Å². The van der Waals surface area contributed by atoms with Crippen LogP contribution in [0.3, 0.4) is 0 Å². The van der Waals surface area contributed by atoms with Crippen LogP contribution in [0.15, 0.2) is 24.3 Å². The van der Waals surface area contributed by atoms with Crippen LogP contribution in [0.5, 0.6) is 0 Å². The third kappa shape index (κ3) is 7.73. The molecule has 1 fully saturated rings. The number of carbonyl (C=O) groups is 2. The fraction of sp³-hybridized carbons (Fsp3) is 0.385. The molecule has 0 bridgehead atoms. The Labute approximate surface area is 205 Å². The van der Waals surface area contributed by atoms with Crippen LogP contribution in [0.25, 0.3) is 0 Å².